The van der Waals surface area contributed by atoms with Crippen molar-refractivity contribution in [3.05, 3.63) is 30.1 Å². The largest absolute Gasteiger partial charge is 0.315 e. The fourth-order valence-corrected chi connectivity index (χ4v) is 3.17. The average Bonchev–Trinajstić information content (AvgIpc) is 2.71. The summed E-state index contributed by atoms with van der Waals surface area (Å²) in [6.45, 7) is 1.13. The summed E-state index contributed by atoms with van der Waals surface area (Å²) in [4.78, 5) is 6.62. The number of nitrogens with one attached hydrogen (secondary N) is 1. The average molecular weight is 261 g/mol. The third-order valence-corrected chi connectivity index (χ3v) is 4.42. The number of nitrogens with zero attached hydrogens (tertiary/aromatic N) is 2. The summed E-state index contributed by atoms with van der Waals surface area (Å²) < 4.78 is 0. The fourth-order valence-electron chi connectivity index (χ4n) is 3.17. The Bertz CT molecular complexity index is 352. The zero-order chi connectivity index (χ0) is 13.5. The zero-order valence-electron chi connectivity index (χ0n) is 12.3. The molecule has 0 aromatic carbocycles. The van der Waals surface area contributed by atoms with Crippen molar-refractivity contribution < 1.29 is 0 Å². The summed E-state index contributed by atoms with van der Waals surface area (Å²) in [5, 5.41) is 3.52. The van der Waals surface area contributed by atoms with Crippen LogP contribution in [0.25, 0.3) is 0 Å². The third kappa shape index (κ3) is 4.29. The van der Waals surface area contributed by atoms with Crippen LogP contribution >= 0.6 is 0 Å². The lowest BCUT2D eigenvalue weighted by molar-refractivity contribution is 0.188. The molecule has 2 unspecified atom stereocenters. The molecule has 1 aromatic heterocycles. The zero-order valence-corrected chi connectivity index (χ0v) is 12.3. The molecule has 0 spiro atoms. The van der Waals surface area contributed by atoms with Crippen molar-refractivity contribution in [2.75, 3.05) is 20.6 Å². The molecule has 0 bridgehead atoms. The van der Waals surface area contributed by atoms with Crippen LogP contribution in [0.5, 0.6) is 0 Å². The molecular weight excluding hydrogens is 234 g/mol. The summed E-state index contributed by atoms with van der Waals surface area (Å²) in [5.74, 6) is 0. The summed E-state index contributed by atoms with van der Waals surface area (Å²) in [5.41, 5.74) is 1.39. The highest BCUT2D eigenvalue weighted by molar-refractivity contribution is 5.10. The first kappa shape index (κ1) is 14.5. The number of aromatic nitrogens is 1. The van der Waals surface area contributed by atoms with Gasteiger partial charge in [-0.3, -0.25) is 4.98 Å². The molecule has 3 nitrogen and oxygen atoms in total. The molecule has 1 N–H and O–H groups in total. The molecule has 1 aromatic rings. The number of hydrogen-bond donors (Lipinski definition) is 1. The molecule has 3 heteroatoms. The second kappa shape index (κ2) is 7.61. The Kier molecular flexibility index (Phi) is 5.80. The van der Waals surface area contributed by atoms with Crippen LogP contribution in [0.15, 0.2) is 24.5 Å². The van der Waals surface area contributed by atoms with Gasteiger partial charge < -0.3 is 10.2 Å². The Morgan fingerprint density at radius 2 is 1.95 bits per heavy atom. The maximum absolute atomic E-state index is 4.08. The summed E-state index contributed by atoms with van der Waals surface area (Å²) >= 11 is 0. The molecule has 1 heterocycles. The van der Waals surface area contributed by atoms with Gasteiger partial charge in [0.05, 0.1) is 0 Å². The van der Waals surface area contributed by atoms with Gasteiger partial charge in [-0.05, 0) is 51.1 Å². The van der Waals surface area contributed by atoms with Crippen molar-refractivity contribution in [2.24, 2.45) is 0 Å². The second-order valence-corrected chi connectivity index (χ2v) is 5.69. The first-order valence-corrected chi connectivity index (χ1v) is 7.57. The minimum Gasteiger partial charge on any atom is -0.315 e. The van der Waals surface area contributed by atoms with Crippen molar-refractivity contribution >= 4 is 0 Å². The lowest BCUT2D eigenvalue weighted by atomic mass is 10.0. The first-order chi connectivity index (χ1) is 9.31. The molecule has 0 amide bonds. The Morgan fingerprint density at radius 3 is 2.68 bits per heavy atom. The molecule has 0 aliphatic heterocycles. The fraction of sp³-hybridized carbons (Fsp3) is 0.688. The highest BCUT2D eigenvalue weighted by atomic mass is 15.2. The van der Waals surface area contributed by atoms with E-state index in [-0.39, 0.29) is 0 Å². The van der Waals surface area contributed by atoms with Crippen molar-refractivity contribution in [3.8, 4) is 0 Å². The van der Waals surface area contributed by atoms with Crippen LogP contribution in [0.3, 0.4) is 0 Å². The normalized spacial score (nSPS) is 24.4. The number of likely N-dealkylation sites (N-methyl/N-ethyl adjacent to an activating group) is 2. The Morgan fingerprint density at radius 1 is 1.21 bits per heavy atom. The van der Waals surface area contributed by atoms with E-state index in [9.17, 15) is 0 Å². The van der Waals surface area contributed by atoms with Gasteiger partial charge >= 0.3 is 0 Å². The first-order valence-electron chi connectivity index (χ1n) is 7.57. The van der Waals surface area contributed by atoms with Gasteiger partial charge in [0.2, 0.25) is 0 Å². The van der Waals surface area contributed by atoms with E-state index in [1.807, 2.05) is 12.4 Å². The molecule has 19 heavy (non-hydrogen) atoms. The highest BCUT2D eigenvalue weighted by Gasteiger charge is 2.25. The number of hydrogen-bond acceptors (Lipinski definition) is 3. The van der Waals surface area contributed by atoms with Gasteiger partial charge in [-0.15, -0.1) is 0 Å². The topological polar surface area (TPSA) is 28.2 Å². The molecule has 2 atom stereocenters. The minimum absolute atomic E-state index is 0.657. The molecular formula is C16H27N3. The molecule has 1 aliphatic rings. The monoisotopic (exact) mass is 261 g/mol. The third-order valence-electron chi connectivity index (χ3n) is 4.42. The molecule has 1 fully saturated rings. The number of pyridine rings is 1. The van der Waals surface area contributed by atoms with Crippen LogP contribution in [0.2, 0.25) is 0 Å². The van der Waals surface area contributed by atoms with E-state index >= 15 is 0 Å². The Hall–Kier alpha value is -0.930. The smallest absolute Gasteiger partial charge is 0.0270 e. The SMILES string of the molecule is CNC1CCCCCC1N(C)CCc1ccncc1. The maximum atomic E-state index is 4.08. The van der Waals surface area contributed by atoms with Crippen LogP contribution in [0, 0.1) is 0 Å². The molecule has 1 aliphatic carbocycles. The second-order valence-electron chi connectivity index (χ2n) is 5.69. The lowest BCUT2D eigenvalue weighted by Crippen LogP contribution is -2.47. The van der Waals surface area contributed by atoms with E-state index in [1.165, 1.54) is 37.7 Å². The maximum Gasteiger partial charge on any atom is 0.0270 e. The van der Waals surface area contributed by atoms with Gasteiger partial charge in [0, 0.05) is 31.0 Å². The molecule has 106 valence electrons. The van der Waals surface area contributed by atoms with E-state index in [1.54, 1.807) is 0 Å². The predicted molar refractivity (Wildman–Crippen MR) is 80.3 cm³/mol. The summed E-state index contributed by atoms with van der Waals surface area (Å²) in [7, 11) is 4.39. The van der Waals surface area contributed by atoms with Crippen LogP contribution in [0.1, 0.15) is 37.7 Å². The lowest BCUT2D eigenvalue weighted by Gasteiger charge is -2.33. The standard InChI is InChI=1S/C16H27N3/c1-17-15-6-4-3-5-7-16(15)19(2)13-10-14-8-11-18-12-9-14/h8-9,11-12,15-17H,3-7,10,13H2,1-2H3. The summed E-state index contributed by atoms with van der Waals surface area (Å²) in [6.07, 6.45) is 11.7. The molecule has 2 rings (SSSR count). The van der Waals surface area contributed by atoms with Crippen LogP contribution < -0.4 is 5.32 Å². The van der Waals surface area contributed by atoms with Gasteiger partial charge in [-0.2, -0.15) is 0 Å². The molecule has 1 saturated carbocycles. The van der Waals surface area contributed by atoms with Gasteiger partial charge in [-0.25, -0.2) is 0 Å². The molecule has 0 radical (unpaired) electrons. The van der Waals surface area contributed by atoms with Crippen molar-refractivity contribution in [2.45, 2.75) is 50.6 Å². The van der Waals surface area contributed by atoms with E-state index in [2.05, 4.69) is 41.4 Å². The Labute approximate surface area is 117 Å². The van der Waals surface area contributed by atoms with E-state index in [0.29, 0.717) is 12.1 Å². The summed E-state index contributed by atoms with van der Waals surface area (Å²) in [6, 6.07) is 5.59. The quantitative estimate of drug-likeness (QED) is 0.825. The van der Waals surface area contributed by atoms with Gasteiger partial charge in [0.1, 0.15) is 0 Å². The predicted octanol–water partition coefficient (Wildman–Crippen LogP) is 2.48. The minimum atomic E-state index is 0.657. The van der Waals surface area contributed by atoms with Gasteiger partial charge in [-0.1, -0.05) is 19.3 Å². The number of rotatable bonds is 5. The Balaban J connectivity index is 1.88. The van der Waals surface area contributed by atoms with E-state index in [0.717, 1.165) is 13.0 Å². The molecule has 0 saturated heterocycles. The van der Waals surface area contributed by atoms with Crippen molar-refractivity contribution in [3.63, 3.8) is 0 Å². The van der Waals surface area contributed by atoms with Crippen LogP contribution in [0.4, 0.5) is 0 Å². The van der Waals surface area contributed by atoms with Gasteiger partial charge in [0.25, 0.3) is 0 Å². The van der Waals surface area contributed by atoms with Crippen molar-refractivity contribution in [1.82, 2.24) is 15.2 Å². The van der Waals surface area contributed by atoms with Crippen LogP contribution in [-0.2, 0) is 6.42 Å². The van der Waals surface area contributed by atoms with E-state index in [4.69, 9.17) is 0 Å². The van der Waals surface area contributed by atoms with Gasteiger partial charge in [0.15, 0.2) is 0 Å². The van der Waals surface area contributed by atoms with Crippen molar-refractivity contribution in [1.29, 1.82) is 0 Å². The van der Waals surface area contributed by atoms with E-state index < -0.39 is 0 Å². The highest BCUT2D eigenvalue weighted by Crippen LogP contribution is 2.21. The van der Waals surface area contributed by atoms with Crippen LogP contribution in [-0.4, -0.2) is 42.6 Å².